The first-order chi connectivity index (χ1) is 30.2. The minimum Gasteiger partial charge on any atom is -0.394 e. The van der Waals surface area contributed by atoms with Gasteiger partial charge in [-0.05, 0) is 77.0 Å². The smallest absolute Gasteiger partial charge is 0.220 e. The lowest BCUT2D eigenvalue weighted by molar-refractivity contribution is -0.123. The maximum absolute atomic E-state index is 12.5. The SMILES string of the molecule is CC/C=C\C/C=C\C/C=C\C/C=C\C/C=C\C/C=C\C/C=C\C/C=C\CCCCC(=O)NC(CO)C(O)CCCCCCCCCCCCCCCCCCCCCCCC. The normalized spacial score (nSPS) is 13.7. The van der Waals surface area contributed by atoms with Gasteiger partial charge in [-0.25, -0.2) is 0 Å². The largest absolute Gasteiger partial charge is 0.394 e. The number of carbonyl (C=O) groups is 1. The van der Waals surface area contributed by atoms with Gasteiger partial charge in [0.1, 0.15) is 0 Å². The van der Waals surface area contributed by atoms with Gasteiger partial charge >= 0.3 is 0 Å². The molecule has 61 heavy (non-hydrogen) atoms. The van der Waals surface area contributed by atoms with Crippen LogP contribution in [0, 0.1) is 0 Å². The fourth-order valence-electron chi connectivity index (χ4n) is 7.44. The average molecular weight is 846 g/mol. The summed E-state index contributed by atoms with van der Waals surface area (Å²) >= 11 is 0. The number of hydrogen-bond donors (Lipinski definition) is 3. The number of unbranched alkanes of at least 4 members (excludes halogenated alkanes) is 23. The van der Waals surface area contributed by atoms with Crippen LogP contribution in [-0.2, 0) is 4.79 Å². The number of aliphatic hydroxyl groups is 2. The number of carbonyl (C=O) groups excluding carboxylic acids is 1. The number of amides is 1. The standard InChI is InChI=1S/C57H99NO3/c1-3-5-7-9-11-13-15-17-19-21-23-25-27-28-29-30-31-33-35-37-39-41-43-45-47-49-51-53-57(61)58-55(54-59)56(60)52-50-48-46-44-42-40-38-36-34-32-26-24-22-20-18-16-14-12-10-8-6-4-2/h5,7,11,13,17,19,23,25,28-29,31,33,37,39,43,45,55-56,59-60H,3-4,6,8-10,12,14-16,18,20-22,24,26-27,30,32,34-36,38,40-42,44,46-54H2,1-2H3,(H,58,61)/b7-5-,13-11-,19-17-,25-23-,29-28-,33-31-,39-37-,45-43-. The van der Waals surface area contributed by atoms with E-state index in [4.69, 9.17) is 0 Å². The molecule has 0 radical (unpaired) electrons. The molecule has 0 saturated carbocycles. The van der Waals surface area contributed by atoms with E-state index >= 15 is 0 Å². The fraction of sp³-hybridized carbons (Fsp3) is 0.702. The Labute approximate surface area is 379 Å². The lowest BCUT2D eigenvalue weighted by atomic mass is 10.0. The second-order valence-corrected chi connectivity index (χ2v) is 17.2. The van der Waals surface area contributed by atoms with Crippen molar-refractivity contribution in [3.8, 4) is 0 Å². The van der Waals surface area contributed by atoms with Crippen LogP contribution in [0.15, 0.2) is 97.2 Å². The van der Waals surface area contributed by atoms with E-state index in [1.165, 1.54) is 128 Å². The van der Waals surface area contributed by atoms with E-state index in [1.807, 2.05) is 0 Å². The quantitative estimate of drug-likeness (QED) is 0.0422. The maximum Gasteiger partial charge on any atom is 0.220 e. The number of rotatable bonds is 46. The van der Waals surface area contributed by atoms with Gasteiger partial charge in [0, 0.05) is 6.42 Å². The molecule has 0 spiro atoms. The summed E-state index contributed by atoms with van der Waals surface area (Å²) in [5, 5.41) is 23.3. The molecule has 0 aliphatic heterocycles. The zero-order valence-electron chi connectivity index (χ0n) is 40.2. The van der Waals surface area contributed by atoms with Crippen molar-refractivity contribution < 1.29 is 15.0 Å². The Morgan fingerprint density at radius 3 is 1.05 bits per heavy atom. The van der Waals surface area contributed by atoms with Gasteiger partial charge in [0.25, 0.3) is 0 Å². The van der Waals surface area contributed by atoms with Gasteiger partial charge in [0.15, 0.2) is 0 Å². The molecule has 0 saturated heterocycles. The minimum absolute atomic E-state index is 0.0755. The van der Waals surface area contributed by atoms with Crippen molar-refractivity contribution in [3.05, 3.63) is 97.2 Å². The van der Waals surface area contributed by atoms with E-state index in [1.54, 1.807) is 0 Å². The third-order valence-electron chi connectivity index (χ3n) is 11.4. The van der Waals surface area contributed by atoms with E-state index < -0.39 is 12.1 Å². The number of nitrogens with one attached hydrogen (secondary N) is 1. The van der Waals surface area contributed by atoms with Gasteiger partial charge in [-0.3, -0.25) is 4.79 Å². The van der Waals surface area contributed by atoms with Crippen molar-refractivity contribution in [2.24, 2.45) is 0 Å². The van der Waals surface area contributed by atoms with Crippen molar-refractivity contribution in [3.63, 3.8) is 0 Å². The molecule has 3 N–H and O–H groups in total. The highest BCUT2D eigenvalue weighted by atomic mass is 16.3. The Kier molecular flexibility index (Phi) is 49.4. The third kappa shape index (κ3) is 48.2. The molecule has 0 rings (SSSR count). The summed E-state index contributed by atoms with van der Waals surface area (Å²) < 4.78 is 0. The first kappa shape index (κ1) is 58.3. The van der Waals surface area contributed by atoms with Crippen LogP contribution in [0.5, 0.6) is 0 Å². The van der Waals surface area contributed by atoms with E-state index in [0.29, 0.717) is 12.8 Å². The van der Waals surface area contributed by atoms with E-state index in [-0.39, 0.29) is 12.5 Å². The van der Waals surface area contributed by atoms with Gasteiger partial charge in [0.2, 0.25) is 5.91 Å². The number of aliphatic hydroxyl groups excluding tert-OH is 2. The van der Waals surface area contributed by atoms with Gasteiger partial charge in [-0.1, -0.05) is 252 Å². The van der Waals surface area contributed by atoms with Crippen molar-refractivity contribution >= 4 is 5.91 Å². The molecule has 0 aromatic rings. The van der Waals surface area contributed by atoms with Crippen LogP contribution in [0.25, 0.3) is 0 Å². The molecule has 2 unspecified atom stereocenters. The monoisotopic (exact) mass is 846 g/mol. The highest BCUT2D eigenvalue weighted by molar-refractivity contribution is 5.76. The average Bonchev–Trinajstić information content (AvgIpc) is 3.26. The highest BCUT2D eigenvalue weighted by Gasteiger charge is 2.19. The van der Waals surface area contributed by atoms with Crippen LogP contribution >= 0.6 is 0 Å². The van der Waals surface area contributed by atoms with Gasteiger partial charge in [-0.15, -0.1) is 0 Å². The molecule has 0 fully saturated rings. The summed E-state index contributed by atoms with van der Waals surface area (Å²) in [6, 6.07) is -0.568. The summed E-state index contributed by atoms with van der Waals surface area (Å²) in [5.41, 5.74) is 0. The Balaban J connectivity index is 3.64. The lowest BCUT2D eigenvalue weighted by Gasteiger charge is -2.22. The van der Waals surface area contributed by atoms with Gasteiger partial charge in [0.05, 0.1) is 18.8 Å². The molecule has 4 heteroatoms. The van der Waals surface area contributed by atoms with Crippen LogP contribution in [0.2, 0.25) is 0 Å². The molecule has 0 aromatic carbocycles. The van der Waals surface area contributed by atoms with E-state index in [9.17, 15) is 15.0 Å². The maximum atomic E-state index is 12.5. The number of allylic oxidation sites excluding steroid dienone is 16. The molecule has 0 aliphatic carbocycles. The lowest BCUT2D eigenvalue weighted by Crippen LogP contribution is -2.45. The zero-order valence-corrected chi connectivity index (χ0v) is 40.2. The predicted octanol–water partition coefficient (Wildman–Crippen LogP) is 17.0. The summed E-state index contributed by atoms with van der Waals surface area (Å²) in [7, 11) is 0. The molecule has 2 atom stereocenters. The van der Waals surface area contributed by atoms with Crippen LogP contribution in [0.3, 0.4) is 0 Å². The van der Waals surface area contributed by atoms with Crippen molar-refractivity contribution in [2.75, 3.05) is 6.61 Å². The Morgan fingerprint density at radius 2 is 0.721 bits per heavy atom. The molecule has 0 aromatic heterocycles. The van der Waals surface area contributed by atoms with Crippen molar-refractivity contribution in [1.29, 1.82) is 0 Å². The van der Waals surface area contributed by atoms with E-state index in [2.05, 4.69) is 116 Å². The molecule has 0 heterocycles. The summed E-state index contributed by atoms with van der Waals surface area (Å²) in [5.74, 6) is -0.0755. The molecule has 350 valence electrons. The Bertz CT molecular complexity index is 1140. The minimum atomic E-state index is -0.686. The van der Waals surface area contributed by atoms with Crippen molar-refractivity contribution in [2.45, 2.75) is 251 Å². The molecular weight excluding hydrogens is 747 g/mol. The first-order valence-electron chi connectivity index (χ1n) is 25.9. The van der Waals surface area contributed by atoms with Gasteiger partial charge in [-0.2, -0.15) is 0 Å². The third-order valence-corrected chi connectivity index (χ3v) is 11.4. The predicted molar refractivity (Wildman–Crippen MR) is 271 cm³/mol. The summed E-state index contributed by atoms with van der Waals surface area (Å²) in [6.45, 7) is 4.23. The van der Waals surface area contributed by atoms with Crippen molar-refractivity contribution in [1.82, 2.24) is 5.32 Å². The molecule has 4 nitrogen and oxygen atoms in total. The molecule has 0 aliphatic rings. The molecular formula is C57H99NO3. The summed E-state index contributed by atoms with van der Waals surface area (Å²) in [6.07, 6.45) is 76.5. The Hall–Kier alpha value is -2.69. The second kappa shape index (κ2) is 51.7. The van der Waals surface area contributed by atoms with Crippen LogP contribution in [0.4, 0.5) is 0 Å². The first-order valence-corrected chi connectivity index (χ1v) is 25.9. The molecule has 1 amide bonds. The second-order valence-electron chi connectivity index (χ2n) is 17.2. The fourth-order valence-corrected chi connectivity index (χ4v) is 7.44. The van der Waals surface area contributed by atoms with Crippen LogP contribution in [0.1, 0.15) is 239 Å². The van der Waals surface area contributed by atoms with E-state index in [0.717, 1.165) is 83.5 Å². The van der Waals surface area contributed by atoms with Crippen LogP contribution < -0.4 is 5.32 Å². The Morgan fingerprint density at radius 1 is 0.410 bits per heavy atom. The topological polar surface area (TPSA) is 69.6 Å². The zero-order chi connectivity index (χ0) is 44.2. The van der Waals surface area contributed by atoms with Crippen LogP contribution in [-0.4, -0.2) is 34.9 Å². The van der Waals surface area contributed by atoms with Gasteiger partial charge < -0.3 is 15.5 Å². The highest BCUT2D eigenvalue weighted by Crippen LogP contribution is 2.16. The molecule has 0 bridgehead atoms. The number of hydrogen-bond acceptors (Lipinski definition) is 3. The summed E-state index contributed by atoms with van der Waals surface area (Å²) in [4.78, 5) is 12.5.